The van der Waals surface area contributed by atoms with Crippen LogP contribution in [0.15, 0.2) is 54.0 Å². The van der Waals surface area contributed by atoms with Crippen molar-refractivity contribution < 1.29 is 4.79 Å². The Morgan fingerprint density at radius 3 is 2.70 bits per heavy atom. The smallest absolute Gasteiger partial charge is 0.270 e. The predicted molar refractivity (Wildman–Crippen MR) is 92.7 cm³/mol. The highest BCUT2D eigenvalue weighted by molar-refractivity contribution is 7.10. The largest absolute Gasteiger partial charge is 0.339 e. The number of nitrogens with zero attached hydrogens (tertiary/aromatic N) is 1. The van der Waals surface area contributed by atoms with Gasteiger partial charge in [0.05, 0.1) is 6.04 Å². The van der Waals surface area contributed by atoms with Gasteiger partial charge in [-0.05, 0) is 35.1 Å². The number of hydrogen-bond donors (Lipinski definition) is 2. The molecule has 1 amide bonds. The van der Waals surface area contributed by atoms with E-state index in [4.69, 9.17) is 0 Å². The zero-order valence-corrected chi connectivity index (χ0v) is 13.8. The van der Waals surface area contributed by atoms with Crippen LogP contribution in [0.5, 0.6) is 0 Å². The molecule has 1 aromatic carbocycles. The first-order chi connectivity index (χ1) is 11.3. The third-order valence-electron chi connectivity index (χ3n) is 3.70. The van der Waals surface area contributed by atoms with Gasteiger partial charge in [0.25, 0.3) is 5.91 Å². The number of benzene rings is 1. The van der Waals surface area contributed by atoms with Crippen molar-refractivity contribution in [2.75, 3.05) is 0 Å². The zero-order chi connectivity index (χ0) is 16.1. The van der Waals surface area contributed by atoms with Gasteiger partial charge >= 0.3 is 0 Å². The van der Waals surface area contributed by atoms with Gasteiger partial charge < -0.3 is 5.32 Å². The molecule has 0 aliphatic heterocycles. The molecule has 0 saturated heterocycles. The van der Waals surface area contributed by atoms with E-state index < -0.39 is 0 Å². The topological polar surface area (TPSA) is 57.8 Å². The number of carbonyl (C=O) groups excluding carboxylic acids is 1. The van der Waals surface area contributed by atoms with Crippen LogP contribution >= 0.6 is 11.3 Å². The summed E-state index contributed by atoms with van der Waals surface area (Å²) in [7, 11) is 0. The number of nitrogens with one attached hydrogen (secondary N) is 2. The molecular formula is C18H19N3OS. The molecule has 118 valence electrons. The number of carbonyl (C=O) groups is 1. The standard InChI is InChI=1S/C18H19N3OS/c1-2-4-13-6-8-14(9-7-13)17(16-5-3-12-23-16)20-18(22)15-10-11-19-21-15/h3,5-12,17H,2,4H2,1H3,(H,19,21)(H,20,22). The zero-order valence-electron chi connectivity index (χ0n) is 13.0. The lowest BCUT2D eigenvalue weighted by atomic mass is 10.0. The fourth-order valence-electron chi connectivity index (χ4n) is 2.53. The summed E-state index contributed by atoms with van der Waals surface area (Å²) in [4.78, 5) is 13.5. The van der Waals surface area contributed by atoms with Gasteiger partial charge in [0.1, 0.15) is 5.69 Å². The Morgan fingerprint density at radius 2 is 2.09 bits per heavy atom. The Bertz CT molecular complexity index is 733. The summed E-state index contributed by atoms with van der Waals surface area (Å²) in [5.74, 6) is -0.154. The maximum Gasteiger partial charge on any atom is 0.270 e. The Morgan fingerprint density at radius 1 is 1.26 bits per heavy atom. The summed E-state index contributed by atoms with van der Waals surface area (Å²) in [6.07, 6.45) is 3.78. The third-order valence-corrected chi connectivity index (χ3v) is 4.64. The van der Waals surface area contributed by atoms with Gasteiger partial charge in [0.2, 0.25) is 0 Å². The Kier molecular flexibility index (Phi) is 4.88. The van der Waals surface area contributed by atoms with Gasteiger partial charge in [-0.2, -0.15) is 5.10 Å². The van der Waals surface area contributed by atoms with E-state index in [1.54, 1.807) is 23.6 Å². The average Bonchev–Trinajstić information content (AvgIpc) is 3.27. The maximum atomic E-state index is 12.4. The van der Waals surface area contributed by atoms with E-state index in [0.717, 1.165) is 23.3 Å². The van der Waals surface area contributed by atoms with Gasteiger partial charge in [-0.25, -0.2) is 0 Å². The summed E-state index contributed by atoms with van der Waals surface area (Å²) in [5.41, 5.74) is 2.87. The monoisotopic (exact) mass is 325 g/mol. The number of H-pyrrole nitrogens is 1. The van der Waals surface area contributed by atoms with Crippen molar-refractivity contribution in [2.24, 2.45) is 0 Å². The highest BCUT2D eigenvalue weighted by Gasteiger charge is 2.19. The third kappa shape index (κ3) is 3.68. The summed E-state index contributed by atoms with van der Waals surface area (Å²) < 4.78 is 0. The molecule has 0 fully saturated rings. The van der Waals surface area contributed by atoms with Crippen LogP contribution in [0.3, 0.4) is 0 Å². The molecule has 3 rings (SSSR count). The lowest BCUT2D eigenvalue weighted by Crippen LogP contribution is -2.29. The Hall–Kier alpha value is -2.40. The summed E-state index contributed by atoms with van der Waals surface area (Å²) in [6.45, 7) is 2.17. The second-order valence-corrected chi connectivity index (χ2v) is 6.36. The van der Waals surface area contributed by atoms with Crippen LogP contribution in [0.2, 0.25) is 0 Å². The molecule has 0 aliphatic rings. The molecule has 1 unspecified atom stereocenters. The summed E-state index contributed by atoms with van der Waals surface area (Å²) in [5, 5.41) is 11.7. The van der Waals surface area contributed by atoms with Gasteiger partial charge in [0, 0.05) is 11.1 Å². The van der Waals surface area contributed by atoms with Crippen LogP contribution in [-0.4, -0.2) is 16.1 Å². The van der Waals surface area contributed by atoms with Crippen LogP contribution < -0.4 is 5.32 Å². The first kappa shape index (κ1) is 15.5. The number of hydrogen-bond acceptors (Lipinski definition) is 3. The Labute approximate surface area is 139 Å². The SMILES string of the molecule is CCCc1ccc(C(NC(=O)c2ccn[nH]2)c2cccs2)cc1. The fourth-order valence-corrected chi connectivity index (χ4v) is 3.33. The van der Waals surface area contributed by atoms with Crippen molar-refractivity contribution in [3.63, 3.8) is 0 Å². The van der Waals surface area contributed by atoms with E-state index in [1.165, 1.54) is 5.56 Å². The predicted octanol–water partition coefficient (Wildman–Crippen LogP) is 3.94. The fraction of sp³-hybridized carbons (Fsp3) is 0.222. The molecule has 2 heterocycles. The molecule has 4 nitrogen and oxygen atoms in total. The van der Waals surface area contributed by atoms with Gasteiger partial charge in [-0.15, -0.1) is 11.3 Å². The van der Waals surface area contributed by atoms with Crippen molar-refractivity contribution in [3.05, 3.63) is 75.7 Å². The maximum absolute atomic E-state index is 12.4. The van der Waals surface area contributed by atoms with E-state index in [-0.39, 0.29) is 11.9 Å². The van der Waals surface area contributed by atoms with Crippen molar-refractivity contribution in [2.45, 2.75) is 25.8 Å². The molecular weight excluding hydrogens is 306 g/mol. The minimum absolute atomic E-state index is 0.151. The van der Waals surface area contributed by atoms with E-state index in [9.17, 15) is 4.79 Å². The number of rotatable bonds is 6. The highest BCUT2D eigenvalue weighted by Crippen LogP contribution is 2.26. The van der Waals surface area contributed by atoms with Gasteiger partial charge in [0.15, 0.2) is 0 Å². The number of amides is 1. The summed E-state index contributed by atoms with van der Waals surface area (Å²) in [6, 6.07) is 14.0. The molecule has 0 bridgehead atoms. The first-order valence-corrected chi connectivity index (χ1v) is 8.58. The summed E-state index contributed by atoms with van der Waals surface area (Å²) >= 11 is 1.64. The van der Waals surface area contributed by atoms with E-state index >= 15 is 0 Å². The van der Waals surface area contributed by atoms with Gasteiger partial charge in [-0.3, -0.25) is 9.89 Å². The van der Waals surface area contributed by atoms with Crippen LogP contribution in [0.1, 0.15) is 45.9 Å². The minimum Gasteiger partial charge on any atom is -0.339 e. The van der Waals surface area contributed by atoms with Crippen LogP contribution in [0.4, 0.5) is 0 Å². The Balaban J connectivity index is 1.85. The number of aryl methyl sites for hydroxylation is 1. The van der Waals surface area contributed by atoms with Crippen molar-refractivity contribution in [1.82, 2.24) is 15.5 Å². The molecule has 1 atom stereocenters. The normalized spacial score (nSPS) is 12.0. The van der Waals surface area contributed by atoms with Crippen molar-refractivity contribution >= 4 is 17.2 Å². The quantitative estimate of drug-likeness (QED) is 0.721. The molecule has 0 saturated carbocycles. The molecule has 5 heteroatoms. The number of aromatic nitrogens is 2. The molecule has 0 radical (unpaired) electrons. The molecule has 0 aliphatic carbocycles. The van der Waals surface area contributed by atoms with Crippen LogP contribution in [-0.2, 0) is 6.42 Å². The van der Waals surface area contributed by atoms with E-state index in [0.29, 0.717) is 5.69 Å². The average molecular weight is 325 g/mol. The van der Waals surface area contributed by atoms with Crippen molar-refractivity contribution in [1.29, 1.82) is 0 Å². The van der Waals surface area contributed by atoms with Crippen LogP contribution in [0.25, 0.3) is 0 Å². The number of thiophene rings is 1. The number of aromatic amines is 1. The highest BCUT2D eigenvalue weighted by atomic mass is 32.1. The second-order valence-electron chi connectivity index (χ2n) is 5.38. The lowest BCUT2D eigenvalue weighted by molar-refractivity contribution is 0.0938. The van der Waals surface area contributed by atoms with E-state index in [1.807, 2.05) is 17.5 Å². The van der Waals surface area contributed by atoms with E-state index in [2.05, 4.69) is 46.7 Å². The first-order valence-electron chi connectivity index (χ1n) is 7.70. The minimum atomic E-state index is -0.154. The molecule has 3 aromatic rings. The molecule has 23 heavy (non-hydrogen) atoms. The molecule has 0 spiro atoms. The van der Waals surface area contributed by atoms with Crippen LogP contribution in [0, 0.1) is 0 Å². The lowest BCUT2D eigenvalue weighted by Gasteiger charge is -2.18. The second kappa shape index (κ2) is 7.24. The molecule has 2 N–H and O–H groups in total. The van der Waals surface area contributed by atoms with Gasteiger partial charge in [-0.1, -0.05) is 43.7 Å². The van der Waals surface area contributed by atoms with Crippen molar-refractivity contribution in [3.8, 4) is 0 Å². The molecule has 2 aromatic heterocycles.